The molecule has 2 N–H and O–H groups in total. The minimum Gasteiger partial charge on any atom is -0.383 e. The molecule has 0 aromatic carbocycles. The number of nitrogens with one attached hydrogen (secondary N) is 2. The molecule has 0 bridgehead atoms. The zero-order valence-corrected chi connectivity index (χ0v) is 13.9. The Bertz CT molecular complexity index is 276. The number of ether oxygens (including phenoxy) is 2. The molecule has 1 aliphatic heterocycles. The summed E-state index contributed by atoms with van der Waals surface area (Å²) in [5.41, 5.74) is 0. The van der Waals surface area contributed by atoms with E-state index in [-0.39, 0.29) is 4.75 Å². The lowest BCUT2D eigenvalue weighted by Crippen LogP contribution is -2.42. The maximum absolute atomic E-state index is 5.50. The van der Waals surface area contributed by atoms with Gasteiger partial charge in [0.15, 0.2) is 5.96 Å². The van der Waals surface area contributed by atoms with Crippen LogP contribution < -0.4 is 10.6 Å². The fourth-order valence-corrected chi connectivity index (χ4v) is 3.46. The van der Waals surface area contributed by atoms with Crippen molar-refractivity contribution < 1.29 is 9.47 Å². The summed E-state index contributed by atoms with van der Waals surface area (Å²) < 4.78 is 10.8. The molecule has 1 heterocycles. The third-order valence-electron chi connectivity index (χ3n) is 3.32. The van der Waals surface area contributed by atoms with Crippen molar-refractivity contribution >= 4 is 17.7 Å². The fourth-order valence-electron chi connectivity index (χ4n) is 2.23. The second kappa shape index (κ2) is 10.3. The number of nitrogens with zero attached hydrogens (tertiary/aromatic N) is 1. The first-order valence-corrected chi connectivity index (χ1v) is 8.47. The van der Waals surface area contributed by atoms with E-state index in [2.05, 4.69) is 24.5 Å². The lowest BCUT2D eigenvalue weighted by atomic mass is 9.99. The molecule has 0 amide bonds. The third-order valence-corrected chi connectivity index (χ3v) is 4.76. The first kappa shape index (κ1) is 17.6. The van der Waals surface area contributed by atoms with E-state index < -0.39 is 0 Å². The smallest absolute Gasteiger partial charge is 0.191 e. The molecule has 0 spiro atoms. The SMILES string of the molecule is CCNC(=NCC1(SCC)CCOCC1)NCCOC. The number of hydrogen-bond donors (Lipinski definition) is 2. The van der Waals surface area contributed by atoms with Crippen molar-refractivity contribution in [1.29, 1.82) is 0 Å². The van der Waals surface area contributed by atoms with Crippen LogP contribution in [-0.4, -0.2) is 63.0 Å². The van der Waals surface area contributed by atoms with Crippen molar-refractivity contribution in [2.45, 2.75) is 31.4 Å². The van der Waals surface area contributed by atoms with E-state index >= 15 is 0 Å². The molecule has 1 rings (SSSR count). The van der Waals surface area contributed by atoms with Gasteiger partial charge in [0.2, 0.25) is 0 Å². The summed E-state index contributed by atoms with van der Waals surface area (Å²) in [5.74, 6) is 2.01. The molecule has 0 aromatic heterocycles. The lowest BCUT2D eigenvalue weighted by molar-refractivity contribution is 0.0793. The summed E-state index contributed by atoms with van der Waals surface area (Å²) in [5, 5.41) is 6.58. The predicted molar refractivity (Wildman–Crippen MR) is 86.8 cm³/mol. The number of hydrogen-bond acceptors (Lipinski definition) is 4. The average molecular weight is 303 g/mol. The van der Waals surface area contributed by atoms with Crippen LogP contribution in [-0.2, 0) is 9.47 Å². The fraction of sp³-hybridized carbons (Fsp3) is 0.929. The minimum absolute atomic E-state index is 0.247. The van der Waals surface area contributed by atoms with Gasteiger partial charge in [-0.25, -0.2) is 0 Å². The summed E-state index contributed by atoms with van der Waals surface area (Å²) in [6.45, 7) is 9.19. The van der Waals surface area contributed by atoms with Crippen LogP contribution in [0.5, 0.6) is 0 Å². The Morgan fingerprint density at radius 3 is 2.65 bits per heavy atom. The van der Waals surface area contributed by atoms with Crippen molar-refractivity contribution in [2.75, 3.05) is 52.3 Å². The molecule has 6 heteroatoms. The van der Waals surface area contributed by atoms with E-state index in [4.69, 9.17) is 14.5 Å². The second-order valence-corrected chi connectivity index (χ2v) is 6.58. The number of guanidine groups is 1. The van der Waals surface area contributed by atoms with Crippen LogP contribution in [0.1, 0.15) is 26.7 Å². The van der Waals surface area contributed by atoms with E-state index in [9.17, 15) is 0 Å². The molecule has 1 aliphatic rings. The Labute approximate surface area is 127 Å². The van der Waals surface area contributed by atoms with Crippen molar-refractivity contribution in [2.24, 2.45) is 4.99 Å². The summed E-state index contributed by atoms with van der Waals surface area (Å²) in [6.07, 6.45) is 2.18. The normalized spacial score (nSPS) is 18.9. The molecule has 0 saturated carbocycles. The van der Waals surface area contributed by atoms with Crippen LogP contribution in [0.25, 0.3) is 0 Å². The number of aliphatic imine (C=N–C) groups is 1. The van der Waals surface area contributed by atoms with Gasteiger partial charge in [-0.05, 0) is 25.5 Å². The van der Waals surface area contributed by atoms with Gasteiger partial charge in [0.05, 0.1) is 13.2 Å². The van der Waals surface area contributed by atoms with Crippen LogP contribution in [0.2, 0.25) is 0 Å². The third kappa shape index (κ3) is 6.33. The molecule has 1 fully saturated rings. The van der Waals surface area contributed by atoms with Gasteiger partial charge in [0.1, 0.15) is 0 Å². The van der Waals surface area contributed by atoms with Gasteiger partial charge in [-0.3, -0.25) is 4.99 Å². The molecule has 0 atom stereocenters. The molecule has 0 aromatic rings. The maximum atomic E-state index is 5.50. The molecule has 1 saturated heterocycles. The highest BCUT2D eigenvalue weighted by Gasteiger charge is 2.32. The number of rotatable bonds is 8. The molecule has 0 unspecified atom stereocenters. The maximum Gasteiger partial charge on any atom is 0.191 e. The Morgan fingerprint density at radius 1 is 1.30 bits per heavy atom. The highest BCUT2D eigenvalue weighted by atomic mass is 32.2. The number of methoxy groups -OCH3 is 1. The molecule has 0 aliphatic carbocycles. The van der Waals surface area contributed by atoms with Crippen molar-refractivity contribution in [3.05, 3.63) is 0 Å². The van der Waals surface area contributed by atoms with Crippen LogP contribution in [0.3, 0.4) is 0 Å². The van der Waals surface area contributed by atoms with Gasteiger partial charge in [-0.15, -0.1) is 0 Å². The van der Waals surface area contributed by atoms with Crippen LogP contribution in [0.4, 0.5) is 0 Å². The van der Waals surface area contributed by atoms with Crippen LogP contribution in [0, 0.1) is 0 Å². The van der Waals surface area contributed by atoms with Gasteiger partial charge < -0.3 is 20.1 Å². The monoisotopic (exact) mass is 303 g/mol. The zero-order chi connectivity index (χ0) is 14.7. The van der Waals surface area contributed by atoms with E-state index in [1.165, 1.54) is 0 Å². The largest absolute Gasteiger partial charge is 0.383 e. The Kier molecular flexibility index (Phi) is 9.05. The van der Waals surface area contributed by atoms with E-state index in [1.807, 2.05) is 11.8 Å². The highest BCUT2D eigenvalue weighted by molar-refractivity contribution is 8.00. The van der Waals surface area contributed by atoms with Gasteiger partial charge in [0, 0.05) is 38.2 Å². The molecule has 118 valence electrons. The van der Waals surface area contributed by atoms with Gasteiger partial charge in [-0.1, -0.05) is 6.92 Å². The number of thioether (sulfide) groups is 1. The molecule has 5 nitrogen and oxygen atoms in total. The molecule has 0 radical (unpaired) electrons. The van der Waals surface area contributed by atoms with Crippen LogP contribution in [0.15, 0.2) is 4.99 Å². The topological polar surface area (TPSA) is 54.9 Å². The van der Waals surface area contributed by atoms with Crippen molar-refractivity contribution in [1.82, 2.24) is 10.6 Å². The van der Waals surface area contributed by atoms with E-state index in [0.717, 1.165) is 57.4 Å². The first-order chi connectivity index (χ1) is 9.76. The van der Waals surface area contributed by atoms with Crippen molar-refractivity contribution in [3.63, 3.8) is 0 Å². The van der Waals surface area contributed by atoms with Crippen LogP contribution >= 0.6 is 11.8 Å². The lowest BCUT2D eigenvalue weighted by Gasteiger charge is -2.35. The average Bonchev–Trinajstić information content (AvgIpc) is 2.46. The quantitative estimate of drug-likeness (QED) is 0.404. The van der Waals surface area contributed by atoms with E-state index in [1.54, 1.807) is 7.11 Å². The minimum atomic E-state index is 0.247. The Morgan fingerprint density at radius 2 is 2.05 bits per heavy atom. The highest BCUT2D eigenvalue weighted by Crippen LogP contribution is 2.35. The van der Waals surface area contributed by atoms with Gasteiger partial charge in [-0.2, -0.15) is 11.8 Å². The Hall–Kier alpha value is -0.460. The molecular formula is C14H29N3O2S. The van der Waals surface area contributed by atoms with Gasteiger partial charge >= 0.3 is 0 Å². The van der Waals surface area contributed by atoms with E-state index in [0.29, 0.717) is 6.61 Å². The molecular weight excluding hydrogens is 274 g/mol. The second-order valence-electron chi connectivity index (χ2n) is 4.84. The summed E-state index contributed by atoms with van der Waals surface area (Å²) in [4.78, 5) is 4.76. The molecule has 20 heavy (non-hydrogen) atoms. The summed E-state index contributed by atoms with van der Waals surface area (Å²) >= 11 is 2.02. The summed E-state index contributed by atoms with van der Waals surface area (Å²) in [7, 11) is 1.71. The first-order valence-electron chi connectivity index (χ1n) is 7.49. The van der Waals surface area contributed by atoms with Crippen molar-refractivity contribution in [3.8, 4) is 0 Å². The zero-order valence-electron chi connectivity index (χ0n) is 13.0. The summed E-state index contributed by atoms with van der Waals surface area (Å²) in [6, 6.07) is 0. The van der Waals surface area contributed by atoms with Gasteiger partial charge in [0.25, 0.3) is 0 Å². The predicted octanol–water partition coefficient (Wildman–Crippen LogP) is 1.49. The standard InChI is InChI=1S/C14H29N3O2S/c1-4-15-13(16-8-11-18-3)17-12-14(20-5-2)6-9-19-10-7-14/h4-12H2,1-3H3,(H2,15,16,17). The Balaban J connectivity index is 2.56.